The predicted molar refractivity (Wildman–Crippen MR) is 85.6 cm³/mol. The zero-order valence-corrected chi connectivity index (χ0v) is 12.2. The molecule has 2 N–H and O–H groups in total. The molecule has 1 aromatic heterocycles. The van der Waals surface area contributed by atoms with Crippen molar-refractivity contribution in [2.75, 3.05) is 5.32 Å². The summed E-state index contributed by atoms with van der Waals surface area (Å²) in [5.41, 5.74) is 1.34. The maximum Gasteiger partial charge on any atom is 0.228 e. The van der Waals surface area contributed by atoms with Gasteiger partial charge in [-0.05, 0) is 43.6 Å². The van der Waals surface area contributed by atoms with Crippen LogP contribution in [0.3, 0.4) is 0 Å². The van der Waals surface area contributed by atoms with Gasteiger partial charge in [0, 0.05) is 18.4 Å². The van der Waals surface area contributed by atoms with E-state index in [2.05, 4.69) is 51.8 Å². The van der Waals surface area contributed by atoms with Crippen LogP contribution in [-0.2, 0) is 6.42 Å². The quantitative estimate of drug-likeness (QED) is 0.828. The number of hydrogen-bond donors (Lipinski definition) is 2. The van der Waals surface area contributed by atoms with Crippen molar-refractivity contribution in [2.45, 2.75) is 25.8 Å². The van der Waals surface area contributed by atoms with Crippen molar-refractivity contribution in [3.05, 3.63) is 54.4 Å². The Morgan fingerprint density at radius 2 is 1.85 bits per heavy atom. The summed E-state index contributed by atoms with van der Waals surface area (Å²) >= 11 is 5.24. The number of benzene rings is 1. The number of nitrogens with zero attached hydrogens (tertiary/aromatic N) is 2. The normalized spacial score (nSPS) is 11.7. The van der Waals surface area contributed by atoms with Gasteiger partial charge in [0.15, 0.2) is 5.11 Å². The van der Waals surface area contributed by atoms with E-state index in [4.69, 9.17) is 12.2 Å². The third-order valence-electron chi connectivity index (χ3n) is 2.88. The Balaban J connectivity index is 1.74. The average molecular weight is 286 g/mol. The molecule has 2 aromatic rings. The van der Waals surface area contributed by atoms with E-state index in [1.165, 1.54) is 5.56 Å². The lowest BCUT2D eigenvalue weighted by atomic mass is 10.1. The highest BCUT2D eigenvalue weighted by molar-refractivity contribution is 7.80. The monoisotopic (exact) mass is 286 g/mol. The van der Waals surface area contributed by atoms with Gasteiger partial charge in [-0.1, -0.05) is 30.3 Å². The van der Waals surface area contributed by atoms with Gasteiger partial charge in [0.05, 0.1) is 0 Å². The van der Waals surface area contributed by atoms with Crippen molar-refractivity contribution in [2.24, 2.45) is 0 Å². The highest BCUT2D eigenvalue weighted by Gasteiger charge is 2.05. The third-order valence-corrected chi connectivity index (χ3v) is 3.10. The fourth-order valence-electron chi connectivity index (χ4n) is 1.83. The van der Waals surface area contributed by atoms with Gasteiger partial charge in [-0.15, -0.1) is 0 Å². The van der Waals surface area contributed by atoms with E-state index >= 15 is 0 Å². The summed E-state index contributed by atoms with van der Waals surface area (Å²) in [4.78, 5) is 8.14. The van der Waals surface area contributed by atoms with E-state index in [0.717, 1.165) is 12.8 Å². The molecule has 1 aromatic carbocycles. The van der Waals surface area contributed by atoms with Crippen LogP contribution in [0.25, 0.3) is 0 Å². The fourth-order valence-corrected chi connectivity index (χ4v) is 2.12. The van der Waals surface area contributed by atoms with E-state index in [9.17, 15) is 0 Å². The molecule has 104 valence electrons. The Kier molecular flexibility index (Phi) is 5.43. The van der Waals surface area contributed by atoms with Crippen LogP contribution >= 0.6 is 12.2 Å². The lowest BCUT2D eigenvalue weighted by Crippen LogP contribution is -2.36. The Bertz CT molecular complexity index is 530. The molecule has 20 heavy (non-hydrogen) atoms. The van der Waals surface area contributed by atoms with Crippen molar-refractivity contribution in [1.82, 2.24) is 15.3 Å². The van der Waals surface area contributed by atoms with Crippen molar-refractivity contribution in [3.8, 4) is 0 Å². The summed E-state index contributed by atoms with van der Waals surface area (Å²) in [5, 5.41) is 6.76. The van der Waals surface area contributed by atoms with Crippen LogP contribution in [0, 0.1) is 0 Å². The first kappa shape index (κ1) is 14.4. The summed E-state index contributed by atoms with van der Waals surface area (Å²) in [5.74, 6) is 0.514. The second-order valence-corrected chi connectivity index (χ2v) is 5.00. The number of hydrogen-bond acceptors (Lipinski definition) is 3. The van der Waals surface area contributed by atoms with Crippen LogP contribution in [0.2, 0.25) is 0 Å². The number of thiocarbonyl (C=S) groups is 1. The van der Waals surface area contributed by atoms with Crippen molar-refractivity contribution in [1.29, 1.82) is 0 Å². The number of nitrogens with one attached hydrogen (secondary N) is 2. The van der Waals surface area contributed by atoms with Gasteiger partial charge < -0.3 is 10.6 Å². The maximum atomic E-state index is 5.24. The molecule has 0 aliphatic rings. The van der Waals surface area contributed by atoms with Crippen LogP contribution in [0.4, 0.5) is 5.95 Å². The van der Waals surface area contributed by atoms with Crippen molar-refractivity contribution >= 4 is 23.3 Å². The predicted octanol–water partition coefficient (Wildman–Crippen LogP) is 2.78. The Hall–Kier alpha value is -2.01. The molecule has 0 saturated heterocycles. The smallest absolute Gasteiger partial charge is 0.228 e. The average Bonchev–Trinajstić information content (AvgIpc) is 2.47. The molecule has 0 fully saturated rings. The minimum Gasteiger partial charge on any atom is -0.360 e. The topological polar surface area (TPSA) is 49.8 Å². The summed E-state index contributed by atoms with van der Waals surface area (Å²) in [6.45, 7) is 2.11. The van der Waals surface area contributed by atoms with Gasteiger partial charge in [-0.25, -0.2) is 9.97 Å². The molecule has 0 aliphatic heterocycles. The summed E-state index contributed by atoms with van der Waals surface area (Å²) in [6, 6.07) is 12.5. The highest BCUT2D eigenvalue weighted by atomic mass is 32.1. The molecule has 1 atom stereocenters. The molecule has 1 heterocycles. The van der Waals surface area contributed by atoms with Crippen molar-refractivity contribution < 1.29 is 0 Å². The van der Waals surface area contributed by atoms with E-state index in [-0.39, 0.29) is 0 Å². The van der Waals surface area contributed by atoms with E-state index in [1.807, 2.05) is 6.07 Å². The second-order valence-electron chi connectivity index (χ2n) is 4.60. The molecule has 0 aliphatic carbocycles. The first-order valence-corrected chi connectivity index (χ1v) is 7.03. The van der Waals surface area contributed by atoms with Crippen LogP contribution in [0.5, 0.6) is 0 Å². The molecular formula is C15H18N4S. The van der Waals surface area contributed by atoms with E-state index in [0.29, 0.717) is 17.1 Å². The van der Waals surface area contributed by atoms with Gasteiger partial charge in [0.2, 0.25) is 5.95 Å². The molecule has 2 rings (SSSR count). The Labute approximate surface area is 124 Å². The van der Waals surface area contributed by atoms with Gasteiger partial charge in [0.1, 0.15) is 0 Å². The van der Waals surface area contributed by atoms with Crippen LogP contribution in [0.15, 0.2) is 48.8 Å². The Morgan fingerprint density at radius 3 is 2.55 bits per heavy atom. The minimum atomic E-state index is 0.291. The maximum absolute atomic E-state index is 5.24. The second kappa shape index (κ2) is 7.55. The molecule has 0 bridgehead atoms. The number of aromatic nitrogens is 2. The molecular weight excluding hydrogens is 268 g/mol. The van der Waals surface area contributed by atoms with Gasteiger partial charge >= 0.3 is 0 Å². The van der Waals surface area contributed by atoms with Crippen LogP contribution in [0.1, 0.15) is 18.9 Å². The van der Waals surface area contributed by atoms with Gasteiger partial charge in [-0.2, -0.15) is 0 Å². The summed E-state index contributed by atoms with van der Waals surface area (Å²) < 4.78 is 0. The first-order valence-electron chi connectivity index (χ1n) is 6.62. The van der Waals surface area contributed by atoms with Crippen LogP contribution in [-0.4, -0.2) is 21.1 Å². The Morgan fingerprint density at radius 1 is 1.15 bits per heavy atom. The molecule has 0 spiro atoms. The number of rotatable bonds is 5. The lowest BCUT2D eigenvalue weighted by Gasteiger charge is -2.16. The summed E-state index contributed by atoms with van der Waals surface area (Å²) in [7, 11) is 0. The first-order chi connectivity index (χ1) is 9.74. The molecule has 0 amide bonds. The number of anilines is 1. The van der Waals surface area contributed by atoms with E-state index < -0.39 is 0 Å². The number of aryl methyl sites for hydroxylation is 1. The minimum absolute atomic E-state index is 0.291. The fraction of sp³-hybridized carbons (Fsp3) is 0.267. The largest absolute Gasteiger partial charge is 0.360 e. The summed E-state index contributed by atoms with van der Waals surface area (Å²) in [6.07, 6.45) is 5.40. The van der Waals surface area contributed by atoms with Gasteiger partial charge in [0.25, 0.3) is 0 Å². The van der Waals surface area contributed by atoms with Gasteiger partial charge in [-0.3, -0.25) is 0 Å². The zero-order chi connectivity index (χ0) is 14.2. The third kappa shape index (κ3) is 4.93. The molecule has 1 unspecified atom stereocenters. The zero-order valence-electron chi connectivity index (χ0n) is 11.4. The molecule has 0 saturated carbocycles. The molecule has 0 radical (unpaired) electrons. The highest BCUT2D eigenvalue weighted by Crippen LogP contribution is 2.05. The lowest BCUT2D eigenvalue weighted by molar-refractivity contribution is 0.609. The van der Waals surface area contributed by atoms with Crippen LogP contribution < -0.4 is 10.6 Å². The van der Waals surface area contributed by atoms with E-state index in [1.54, 1.807) is 18.5 Å². The van der Waals surface area contributed by atoms with Crippen molar-refractivity contribution in [3.63, 3.8) is 0 Å². The SMILES string of the molecule is CC(CCc1ccccc1)NC(=S)Nc1ncccn1. The molecule has 4 nitrogen and oxygen atoms in total. The molecule has 5 heteroatoms. The standard InChI is InChI=1S/C15H18N4S/c1-12(8-9-13-6-3-2-4-7-13)18-15(20)19-14-16-10-5-11-17-14/h2-7,10-12H,8-9H2,1H3,(H2,16,17,18,19,20).